The summed E-state index contributed by atoms with van der Waals surface area (Å²) in [6, 6.07) is 0. The predicted molar refractivity (Wildman–Crippen MR) is 28.2 cm³/mol. The van der Waals surface area contributed by atoms with Gasteiger partial charge in [0.05, 0.1) is 7.82 Å². The van der Waals surface area contributed by atoms with Gasteiger partial charge in [0, 0.05) is 0 Å². The summed E-state index contributed by atoms with van der Waals surface area (Å²) in [7, 11) is -5.14. The first kappa shape index (κ1) is 11.2. The van der Waals surface area contributed by atoms with Crippen molar-refractivity contribution in [3.8, 4) is 0 Å². The van der Waals surface area contributed by atoms with E-state index < -0.39 is 7.82 Å². The molecule has 6 N–H and O–H groups in total. The first-order valence-corrected chi connectivity index (χ1v) is 3.07. The van der Waals surface area contributed by atoms with Crippen LogP contribution in [0, 0.1) is 5.41 Å². The van der Waals surface area contributed by atoms with Gasteiger partial charge in [-0.1, -0.05) is 0 Å². The summed E-state index contributed by atoms with van der Waals surface area (Å²) in [6.07, 6.45) is 0. The van der Waals surface area contributed by atoms with Crippen LogP contribution in [0.15, 0.2) is 0 Å². The summed E-state index contributed by atoms with van der Waals surface area (Å²) in [5.41, 5.74) is 8.94. The molecule has 8 heteroatoms. The normalized spacial score (nSPS) is 9.22. The lowest BCUT2D eigenvalue weighted by atomic mass is 11.1. The minimum Gasteiger partial charge on any atom is -0.790 e. The average molecular weight is 157 g/mol. The van der Waals surface area contributed by atoms with E-state index in [2.05, 4.69) is 11.5 Å². The van der Waals surface area contributed by atoms with E-state index in [1.54, 1.807) is 0 Å². The second kappa shape index (κ2) is 4.28. The zero-order chi connectivity index (χ0) is 8.08. The van der Waals surface area contributed by atoms with E-state index in [-0.39, 0.29) is 8.81 Å². The second-order valence-electron chi connectivity index (χ2n) is 0.924. The quantitative estimate of drug-likeness (QED) is 0.165. The van der Waals surface area contributed by atoms with Gasteiger partial charge in [0.15, 0.2) is 5.96 Å². The van der Waals surface area contributed by atoms with E-state index >= 15 is 0 Å². The average Bonchev–Trinajstić information content (AvgIpc) is 1.19. The molecule has 0 rings (SSSR count). The molecule has 0 unspecified atom stereocenters. The third-order valence-corrected chi connectivity index (χ3v) is 0. The second-order valence-corrected chi connectivity index (χ2v) is 1.86. The van der Waals surface area contributed by atoms with Crippen molar-refractivity contribution in [2.45, 2.75) is 0 Å². The van der Waals surface area contributed by atoms with Crippen molar-refractivity contribution in [3.05, 3.63) is 0 Å². The smallest absolute Gasteiger partial charge is 0.790 e. The molecule has 0 heterocycles. The highest BCUT2D eigenvalue weighted by atomic mass is 31.2. The summed E-state index contributed by atoms with van der Waals surface area (Å²) in [4.78, 5) is 24.3. The van der Waals surface area contributed by atoms with Crippen molar-refractivity contribution in [3.63, 3.8) is 0 Å². The molecular formula is CH8N3O4P. The van der Waals surface area contributed by atoms with Crippen LogP contribution in [-0.2, 0) is 4.57 Å². The molecule has 0 aliphatic heterocycles. The summed E-state index contributed by atoms with van der Waals surface area (Å²) >= 11 is 0. The van der Waals surface area contributed by atoms with Crippen molar-refractivity contribution in [1.82, 2.24) is 0 Å². The Kier molecular flexibility index (Phi) is 5.33. The lowest BCUT2D eigenvalue weighted by Gasteiger charge is -2.19. The number of rotatable bonds is 0. The standard InChI is InChI=1S/CH5N3.H3O4P/c2-1(3)4;1-5(2,3)4/h(H5,2,3,4);(H3,1,2,3,4). The van der Waals surface area contributed by atoms with Crippen molar-refractivity contribution in [2.75, 3.05) is 0 Å². The van der Waals surface area contributed by atoms with Crippen LogP contribution in [0.3, 0.4) is 0 Å². The van der Waals surface area contributed by atoms with Crippen LogP contribution in [0.1, 0.15) is 2.85 Å². The summed E-state index contributed by atoms with van der Waals surface area (Å²) in [5.74, 6) is -0.333. The van der Waals surface area contributed by atoms with Gasteiger partial charge >= 0.3 is 2.85 Å². The van der Waals surface area contributed by atoms with Crippen LogP contribution in [-0.4, -0.2) is 10.9 Å². The number of hydrogen-bond acceptors (Lipinski definition) is 4. The topological polar surface area (TPSA) is 159 Å². The van der Waals surface area contributed by atoms with E-state index in [1.165, 1.54) is 0 Å². The van der Waals surface area contributed by atoms with Crippen LogP contribution >= 0.6 is 7.82 Å². The van der Waals surface area contributed by atoms with Crippen molar-refractivity contribution < 1.29 is 22.1 Å². The fraction of sp³-hybridized carbons (Fsp3) is 0. The van der Waals surface area contributed by atoms with Crippen LogP contribution in [0.2, 0.25) is 0 Å². The number of nitrogens with one attached hydrogen (secondary N) is 1. The Morgan fingerprint density at radius 2 is 1.67 bits per heavy atom. The first-order chi connectivity index (χ1) is 3.73. The molecule has 0 spiro atoms. The molecule has 0 aliphatic rings. The molecule has 0 aliphatic carbocycles. The number of nitrogens with two attached hydrogens (primary N) is 2. The molecule has 0 aromatic heterocycles. The SMILES string of the molecule is N=C(N)N.O=P([O-])([O-])O.[H+].[H+]. The van der Waals surface area contributed by atoms with Gasteiger partial charge in [-0.15, -0.1) is 0 Å². The molecule has 0 radical (unpaired) electrons. The van der Waals surface area contributed by atoms with Crippen LogP contribution < -0.4 is 21.3 Å². The minimum absolute atomic E-state index is 0. The maximum absolute atomic E-state index is 8.66. The first-order valence-electron chi connectivity index (χ1n) is 1.58. The van der Waals surface area contributed by atoms with Gasteiger partial charge in [0.25, 0.3) is 0 Å². The molecule has 0 saturated heterocycles. The predicted octanol–water partition coefficient (Wildman–Crippen LogP) is -3.13. The maximum Gasteiger partial charge on any atom is 1.00 e. The molecule has 0 atom stereocenters. The Bertz CT molecular complexity index is 123. The number of hydrogen-bond donors (Lipinski definition) is 4. The highest BCUT2D eigenvalue weighted by Gasteiger charge is 1.64. The van der Waals surface area contributed by atoms with E-state index in [4.69, 9.17) is 24.7 Å². The Balaban J connectivity index is -0.0000000383. The zero-order valence-electron chi connectivity index (χ0n) is 6.27. The number of guanidine groups is 1. The van der Waals surface area contributed by atoms with Crippen molar-refractivity contribution in [2.24, 2.45) is 11.5 Å². The molecule has 0 aromatic rings. The Labute approximate surface area is 54.0 Å². The molecule has 56 valence electrons. The van der Waals surface area contributed by atoms with Gasteiger partial charge in [-0.25, -0.2) is 0 Å². The lowest BCUT2D eigenvalue weighted by Crippen LogP contribution is -2.20. The fourth-order valence-electron chi connectivity index (χ4n) is 0. The third kappa shape index (κ3) is 556. The van der Waals surface area contributed by atoms with Gasteiger partial charge in [0.2, 0.25) is 0 Å². The Morgan fingerprint density at radius 3 is 1.67 bits per heavy atom. The molecule has 0 fully saturated rings. The van der Waals surface area contributed by atoms with Gasteiger partial charge in [-0.05, 0) is 0 Å². The summed E-state index contributed by atoms with van der Waals surface area (Å²) in [5, 5.41) is 6.06. The molecule has 9 heavy (non-hydrogen) atoms. The van der Waals surface area contributed by atoms with Crippen LogP contribution in [0.4, 0.5) is 0 Å². The van der Waals surface area contributed by atoms with Gasteiger partial charge in [0.1, 0.15) is 0 Å². The summed E-state index contributed by atoms with van der Waals surface area (Å²) in [6.45, 7) is 0. The molecular weight excluding hydrogens is 149 g/mol. The van der Waals surface area contributed by atoms with E-state index in [1.807, 2.05) is 0 Å². The molecule has 0 aromatic carbocycles. The molecule has 0 saturated carbocycles. The fourth-order valence-corrected chi connectivity index (χ4v) is 0. The van der Waals surface area contributed by atoms with Gasteiger partial charge in [-0.2, -0.15) is 0 Å². The Morgan fingerprint density at radius 1 is 1.67 bits per heavy atom. The van der Waals surface area contributed by atoms with E-state index in [0.29, 0.717) is 0 Å². The van der Waals surface area contributed by atoms with Gasteiger partial charge < -0.3 is 30.7 Å². The van der Waals surface area contributed by atoms with Crippen LogP contribution in [0.5, 0.6) is 0 Å². The van der Waals surface area contributed by atoms with Crippen molar-refractivity contribution in [1.29, 1.82) is 5.41 Å². The highest BCUT2D eigenvalue weighted by molar-refractivity contribution is 7.42. The molecule has 0 bridgehead atoms. The number of phosphoric acid groups is 1. The molecule has 0 amide bonds. The van der Waals surface area contributed by atoms with E-state index in [9.17, 15) is 0 Å². The molecule has 7 nitrogen and oxygen atoms in total. The minimum atomic E-state index is -5.14. The van der Waals surface area contributed by atoms with Crippen molar-refractivity contribution >= 4 is 13.8 Å². The zero-order valence-corrected chi connectivity index (χ0v) is 5.17. The monoisotopic (exact) mass is 157 g/mol. The Hall–Kier alpha value is -0.620. The van der Waals surface area contributed by atoms with E-state index in [0.717, 1.165) is 0 Å². The maximum atomic E-state index is 8.66. The largest absolute Gasteiger partial charge is 1.00 e. The lowest BCUT2D eigenvalue weighted by molar-refractivity contribution is -0.337. The highest BCUT2D eigenvalue weighted by Crippen LogP contribution is 2.11. The van der Waals surface area contributed by atoms with Crippen LogP contribution in [0.25, 0.3) is 0 Å². The summed E-state index contributed by atoms with van der Waals surface area (Å²) < 4.78 is 8.66. The third-order valence-electron chi connectivity index (χ3n) is 0. The van der Waals surface area contributed by atoms with Gasteiger partial charge in [-0.3, -0.25) is 5.41 Å².